The van der Waals surface area contributed by atoms with Crippen LogP contribution in [-0.4, -0.2) is 39.3 Å². The maximum atomic E-state index is 11.8. The molecule has 2 atom stereocenters. The molecule has 102 valence electrons. The number of carbonyl (C=O) groups is 1. The van der Waals surface area contributed by atoms with Crippen LogP contribution in [0.2, 0.25) is 0 Å². The first-order valence-electron chi connectivity index (χ1n) is 6.55. The number of aryl methyl sites for hydroxylation is 1. The Morgan fingerprint density at radius 1 is 1.42 bits per heavy atom. The van der Waals surface area contributed by atoms with Crippen LogP contribution in [0.25, 0.3) is 0 Å². The molecule has 1 saturated heterocycles. The number of hydrogen-bond donors (Lipinski definition) is 0. The third-order valence-electron chi connectivity index (χ3n) is 3.85. The Bertz CT molecular complexity index is 581. The Balaban J connectivity index is 1.84. The Labute approximate surface area is 111 Å². The molecule has 0 spiro atoms. The molecule has 0 bridgehead atoms. The van der Waals surface area contributed by atoms with Crippen LogP contribution in [0, 0.1) is 0 Å². The molecule has 0 amide bonds. The summed E-state index contributed by atoms with van der Waals surface area (Å²) in [7, 11) is 1.66. The predicted molar refractivity (Wildman–Crippen MR) is 67.6 cm³/mol. The largest absolute Gasteiger partial charge is 0.461 e. The summed E-state index contributed by atoms with van der Waals surface area (Å²) in [6.07, 6.45) is 1.48. The van der Waals surface area contributed by atoms with Crippen molar-refractivity contribution in [3.05, 3.63) is 27.7 Å². The Morgan fingerprint density at radius 2 is 2.21 bits per heavy atom. The van der Waals surface area contributed by atoms with Crippen molar-refractivity contribution in [1.82, 2.24) is 14.7 Å². The lowest BCUT2D eigenvalue weighted by Gasteiger charge is -2.30. The fraction of sp³-hybridized carbons (Fsp3) is 0.615. The van der Waals surface area contributed by atoms with Gasteiger partial charge in [-0.25, -0.2) is 4.68 Å². The SMILES string of the molecule is C[C@H]1C[C@@H](N2CCc3nn(C)c(=O)cc3C2)C(=O)O1. The summed E-state index contributed by atoms with van der Waals surface area (Å²) in [5.41, 5.74) is 1.78. The van der Waals surface area contributed by atoms with Gasteiger partial charge in [-0.15, -0.1) is 0 Å². The van der Waals surface area contributed by atoms with Crippen LogP contribution >= 0.6 is 0 Å². The summed E-state index contributed by atoms with van der Waals surface area (Å²) in [5.74, 6) is -0.146. The fourth-order valence-corrected chi connectivity index (χ4v) is 2.81. The fourth-order valence-electron chi connectivity index (χ4n) is 2.81. The molecule has 0 aromatic carbocycles. The van der Waals surface area contributed by atoms with Crippen LogP contribution in [0.5, 0.6) is 0 Å². The number of nitrogens with zero attached hydrogens (tertiary/aromatic N) is 3. The molecule has 1 aromatic heterocycles. The number of fused-ring (bicyclic) bond motifs is 1. The summed E-state index contributed by atoms with van der Waals surface area (Å²) in [5, 5.41) is 4.27. The highest BCUT2D eigenvalue weighted by Crippen LogP contribution is 2.25. The molecule has 0 N–H and O–H groups in total. The molecule has 3 rings (SSSR count). The van der Waals surface area contributed by atoms with Gasteiger partial charge in [0.15, 0.2) is 0 Å². The van der Waals surface area contributed by atoms with E-state index >= 15 is 0 Å². The summed E-state index contributed by atoms with van der Waals surface area (Å²) < 4.78 is 6.56. The molecule has 6 nitrogen and oxygen atoms in total. The monoisotopic (exact) mass is 263 g/mol. The van der Waals surface area contributed by atoms with Crippen LogP contribution in [-0.2, 0) is 29.5 Å². The molecule has 0 aliphatic carbocycles. The van der Waals surface area contributed by atoms with E-state index in [0.29, 0.717) is 6.54 Å². The van der Waals surface area contributed by atoms with Crippen molar-refractivity contribution in [1.29, 1.82) is 0 Å². The van der Waals surface area contributed by atoms with Crippen molar-refractivity contribution in [3.8, 4) is 0 Å². The standard InChI is InChI=1S/C13H17N3O3/c1-8-5-11(13(18)19-8)16-4-3-10-9(7-16)6-12(17)15(2)14-10/h6,8,11H,3-5,7H2,1-2H3/t8-,11+/m0/s1. The number of esters is 1. The molecular weight excluding hydrogens is 246 g/mol. The van der Waals surface area contributed by atoms with Crippen LogP contribution in [0.4, 0.5) is 0 Å². The maximum Gasteiger partial charge on any atom is 0.323 e. The lowest BCUT2D eigenvalue weighted by atomic mass is 10.0. The van der Waals surface area contributed by atoms with Crippen LogP contribution in [0.1, 0.15) is 24.6 Å². The van der Waals surface area contributed by atoms with Crippen LogP contribution < -0.4 is 5.56 Å². The Hall–Kier alpha value is -1.69. The van der Waals surface area contributed by atoms with Gasteiger partial charge >= 0.3 is 5.97 Å². The highest BCUT2D eigenvalue weighted by Gasteiger charge is 2.37. The van der Waals surface area contributed by atoms with Gasteiger partial charge in [0.25, 0.3) is 5.56 Å². The highest BCUT2D eigenvalue weighted by molar-refractivity contribution is 5.78. The molecule has 19 heavy (non-hydrogen) atoms. The van der Waals surface area contributed by atoms with Crippen molar-refractivity contribution >= 4 is 5.97 Å². The van der Waals surface area contributed by atoms with Crippen molar-refractivity contribution in [3.63, 3.8) is 0 Å². The lowest BCUT2D eigenvalue weighted by molar-refractivity contribution is -0.145. The summed E-state index contributed by atoms with van der Waals surface area (Å²) in [6, 6.07) is 1.45. The van der Waals surface area contributed by atoms with E-state index in [-0.39, 0.29) is 23.7 Å². The molecule has 0 unspecified atom stereocenters. The summed E-state index contributed by atoms with van der Waals surface area (Å²) >= 11 is 0. The lowest BCUT2D eigenvalue weighted by Crippen LogP contribution is -2.43. The van der Waals surface area contributed by atoms with E-state index in [1.165, 1.54) is 4.68 Å². The minimum absolute atomic E-state index is 0.0133. The van der Waals surface area contributed by atoms with Gasteiger partial charge in [-0.3, -0.25) is 14.5 Å². The molecule has 1 aromatic rings. The number of hydrogen-bond acceptors (Lipinski definition) is 5. The zero-order chi connectivity index (χ0) is 13.6. The first-order chi connectivity index (χ1) is 9.04. The third-order valence-corrected chi connectivity index (χ3v) is 3.85. The van der Waals surface area contributed by atoms with Crippen molar-refractivity contribution in [2.24, 2.45) is 7.05 Å². The molecular formula is C13H17N3O3. The molecule has 3 heterocycles. The topological polar surface area (TPSA) is 64.4 Å². The van der Waals surface area contributed by atoms with Gasteiger partial charge in [-0.2, -0.15) is 5.10 Å². The Kier molecular flexibility index (Phi) is 2.89. The van der Waals surface area contributed by atoms with Gasteiger partial charge in [0.2, 0.25) is 0 Å². The second kappa shape index (κ2) is 4.45. The van der Waals surface area contributed by atoms with Gasteiger partial charge in [0.1, 0.15) is 12.1 Å². The molecule has 1 fully saturated rings. The van der Waals surface area contributed by atoms with Crippen molar-refractivity contribution < 1.29 is 9.53 Å². The smallest absolute Gasteiger partial charge is 0.323 e. The van der Waals surface area contributed by atoms with Crippen molar-refractivity contribution in [2.75, 3.05) is 6.54 Å². The van der Waals surface area contributed by atoms with E-state index in [1.54, 1.807) is 13.1 Å². The van der Waals surface area contributed by atoms with Gasteiger partial charge in [-0.05, 0) is 12.5 Å². The number of ether oxygens (including phenoxy) is 1. The van der Waals surface area contributed by atoms with Gasteiger partial charge in [0, 0.05) is 39.0 Å². The number of cyclic esters (lactones) is 1. The zero-order valence-electron chi connectivity index (χ0n) is 11.1. The van der Waals surface area contributed by atoms with E-state index in [0.717, 1.165) is 30.6 Å². The maximum absolute atomic E-state index is 11.8. The van der Waals surface area contributed by atoms with E-state index < -0.39 is 0 Å². The van der Waals surface area contributed by atoms with Crippen LogP contribution in [0.3, 0.4) is 0 Å². The minimum atomic E-state index is -0.174. The van der Waals surface area contributed by atoms with E-state index in [1.807, 2.05) is 6.92 Å². The van der Waals surface area contributed by atoms with Crippen molar-refractivity contribution in [2.45, 2.75) is 38.5 Å². The molecule has 0 radical (unpaired) electrons. The number of rotatable bonds is 1. The molecule has 2 aliphatic heterocycles. The van der Waals surface area contributed by atoms with E-state index in [4.69, 9.17) is 4.74 Å². The molecule has 0 saturated carbocycles. The quantitative estimate of drug-likeness (QED) is 0.659. The normalized spacial score (nSPS) is 27.2. The molecule has 2 aliphatic rings. The van der Waals surface area contributed by atoms with Gasteiger partial charge in [0.05, 0.1) is 5.69 Å². The van der Waals surface area contributed by atoms with Gasteiger partial charge in [-0.1, -0.05) is 0 Å². The van der Waals surface area contributed by atoms with E-state index in [2.05, 4.69) is 10.00 Å². The first-order valence-corrected chi connectivity index (χ1v) is 6.55. The first kappa shape index (κ1) is 12.3. The van der Waals surface area contributed by atoms with Crippen LogP contribution in [0.15, 0.2) is 10.9 Å². The average Bonchev–Trinajstić information content (AvgIpc) is 2.69. The average molecular weight is 263 g/mol. The number of carbonyl (C=O) groups excluding carboxylic acids is 1. The van der Waals surface area contributed by atoms with E-state index in [9.17, 15) is 9.59 Å². The summed E-state index contributed by atoms with van der Waals surface area (Å²) in [4.78, 5) is 25.5. The van der Waals surface area contributed by atoms with Gasteiger partial charge < -0.3 is 4.74 Å². The predicted octanol–water partition coefficient (Wildman–Crippen LogP) is -0.158. The highest BCUT2D eigenvalue weighted by atomic mass is 16.6. The second-order valence-electron chi connectivity index (χ2n) is 5.30. The summed E-state index contributed by atoms with van der Waals surface area (Å²) in [6.45, 7) is 3.29. The minimum Gasteiger partial charge on any atom is -0.461 e. The molecule has 6 heteroatoms. The zero-order valence-corrected chi connectivity index (χ0v) is 11.1. The Morgan fingerprint density at radius 3 is 2.89 bits per heavy atom. The second-order valence-corrected chi connectivity index (χ2v) is 5.30. The third kappa shape index (κ3) is 2.16. The number of aromatic nitrogens is 2.